The van der Waals surface area contributed by atoms with Gasteiger partial charge in [-0.2, -0.15) is 0 Å². The molecule has 5 nitrogen and oxygen atoms in total. The molecule has 24 heavy (non-hydrogen) atoms. The molecule has 1 saturated heterocycles. The molecule has 0 radical (unpaired) electrons. The first-order valence-electron chi connectivity index (χ1n) is 9.19. The summed E-state index contributed by atoms with van der Waals surface area (Å²) in [5, 5.41) is 5.20. The smallest absolute Gasteiger partial charge is 0.323 e. The number of carbonyl (C=O) groups is 2. The van der Waals surface area contributed by atoms with Crippen molar-refractivity contribution in [3.05, 3.63) is 21.9 Å². The van der Waals surface area contributed by atoms with E-state index in [1.807, 2.05) is 11.3 Å². The predicted molar refractivity (Wildman–Crippen MR) is 92.9 cm³/mol. The monoisotopic (exact) mass is 348 g/mol. The van der Waals surface area contributed by atoms with Crippen LogP contribution in [0, 0.1) is 0 Å². The third kappa shape index (κ3) is 2.47. The number of hydrogen-bond donors (Lipinski definition) is 2. The van der Waals surface area contributed by atoms with Crippen LogP contribution in [0.15, 0.2) is 11.4 Å². The van der Waals surface area contributed by atoms with Crippen molar-refractivity contribution >= 4 is 23.3 Å². The fourth-order valence-electron chi connectivity index (χ4n) is 4.75. The minimum absolute atomic E-state index is 0.0191. The first-order valence-corrected chi connectivity index (χ1v) is 10.1. The molecular weight excluding hydrogens is 322 g/mol. The molecule has 1 spiro atoms. The molecule has 1 aliphatic carbocycles. The van der Waals surface area contributed by atoms with E-state index in [1.54, 1.807) is 0 Å². The van der Waals surface area contributed by atoms with E-state index >= 15 is 0 Å². The molecule has 1 aromatic heterocycles. The summed E-state index contributed by atoms with van der Waals surface area (Å²) < 4.78 is 0. The highest BCUT2D eigenvalue weighted by molar-refractivity contribution is 7.10. The lowest BCUT2D eigenvalue weighted by molar-refractivity contribution is -0.940. The lowest BCUT2D eigenvalue weighted by atomic mass is 9.82. The standard InChI is InChI=1S/C18H25N3O2S/c1-2-14-13-7-11-24-15(13)6-10-20(14)12-21-16(22)18(19-17(21)23)8-4-3-5-9-18/h7,11,14H,2-6,8-10,12H2,1H3,(H,19,23)/p+1/t14-/m1/s1. The first-order chi connectivity index (χ1) is 11.6. The van der Waals surface area contributed by atoms with Crippen LogP contribution in [0.25, 0.3) is 0 Å². The van der Waals surface area contributed by atoms with E-state index in [2.05, 4.69) is 23.7 Å². The average Bonchev–Trinajstić information content (AvgIpc) is 3.15. The van der Waals surface area contributed by atoms with Crippen molar-refractivity contribution in [2.45, 2.75) is 63.5 Å². The van der Waals surface area contributed by atoms with Crippen LogP contribution in [0.3, 0.4) is 0 Å². The van der Waals surface area contributed by atoms with Gasteiger partial charge in [0.1, 0.15) is 11.6 Å². The lowest BCUT2D eigenvalue weighted by Crippen LogP contribution is -3.14. The van der Waals surface area contributed by atoms with Gasteiger partial charge in [-0.1, -0.05) is 26.2 Å². The van der Waals surface area contributed by atoms with Gasteiger partial charge in [-0.05, 0) is 24.3 Å². The Labute approximate surface area is 147 Å². The second-order valence-electron chi connectivity index (χ2n) is 7.38. The van der Waals surface area contributed by atoms with E-state index in [9.17, 15) is 9.59 Å². The van der Waals surface area contributed by atoms with E-state index in [0.717, 1.165) is 45.1 Å². The summed E-state index contributed by atoms with van der Waals surface area (Å²) in [5.74, 6) is 0.0191. The molecule has 0 aromatic carbocycles. The Balaban J connectivity index is 1.53. The summed E-state index contributed by atoms with van der Waals surface area (Å²) in [6, 6.07) is 2.44. The van der Waals surface area contributed by atoms with Gasteiger partial charge in [0.05, 0.1) is 6.54 Å². The highest BCUT2D eigenvalue weighted by Gasteiger charge is 2.52. The minimum atomic E-state index is -0.597. The normalized spacial score (nSPS) is 29.0. The van der Waals surface area contributed by atoms with E-state index in [1.165, 1.54) is 26.7 Å². The zero-order valence-electron chi connectivity index (χ0n) is 14.3. The molecule has 3 amide bonds. The van der Waals surface area contributed by atoms with Gasteiger partial charge in [-0.15, -0.1) is 11.3 Å². The second-order valence-corrected chi connectivity index (χ2v) is 8.38. The van der Waals surface area contributed by atoms with Crippen LogP contribution in [-0.2, 0) is 11.2 Å². The maximum atomic E-state index is 13.0. The molecule has 2 aliphatic heterocycles. The van der Waals surface area contributed by atoms with Crippen LogP contribution >= 0.6 is 11.3 Å². The zero-order valence-corrected chi connectivity index (χ0v) is 15.1. The van der Waals surface area contributed by atoms with Gasteiger partial charge in [0.25, 0.3) is 5.91 Å². The van der Waals surface area contributed by atoms with Crippen molar-refractivity contribution in [2.24, 2.45) is 0 Å². The summed E-state index contributed by atoms with van der Waals surface area (Å²) in [7, 11) is 0. The van der Waals surface area contributed by atoms with E-state index in [0.29, 0.717) is 12.7 Å². The minimum Gasteiger partial charge on any atom is -0.323 e. The first kappa shape index (κ1) is 16.1. The Bertz CT molecular complexity index is 650. The summed E-state index contributed by atoms with van der Waals surface area (Å²) in [4.78, 5) is 29.8. The molecule has 1 saturated carbocycles. The van der Waals surface area contributed by atoms with Crippen LogP contribution in [0.5, 0.6) is 0 Å². The van der Waals surface area contributed by atoms with Crippen molar-refractivity contribution in [1.82, 2.24) is 10.2 Å². The number of hydrogen-bond acceptors (Lipinski definition) is 3. The van der Waals surface area contributed by atoms with Gasteiger partial charge in [-0.3, -0.25) is 4.79 Å². The molecule has 1 unspecified atom stereocenters. The number of imide groups is 1. The zero-order chi connectivity index (χ0) is 16.7. The third-order valence-corrected chi connectivity index (χ3v) is 7.04. The van der Waals surface area contributed by atoms with E-state index in [-0.39, 0.29) is 11.9 Å². The molecule has 2 atom stereocenters. The summed E-state index contributed by atoms with van der Waals surface area (Å²) in [6.07, 6.45) is 6.92. The summed E-state index contributed by atoms with van der Waals surface area (Å²) in [6.45, 7) is 3.70. The highest BCUT2D eigenvalue weighted by atomic mass is 32.1. The van der Waals surface area contributed by atoms with Crippen LogP contribution < -0.4 is 10.2 Å². The van der Waals surface area contributed by atoms with Gasteiger partial charge in [0, 0.05) is 23.3 Å². The predicted octanol–water partition coefficient (Wildman–Crippen LogP) is 1.85. The Hall–Kier alpha value is -1.40. The van der Waals surface area contributed by atoms with Crippen LogP contribution in [0.4, 0.5) is 4.79 Å². The maximum absolute atomic E-state index is 13.0. The largest absolute Gasteiger partial charge is 0.329 e. The highest BCUT2D eigenvalue weighted by Crippen LogP contribution is 2.33. The molecule has 6 heteroatoms. The Morgan fingerprint density at radius 2 is 2.12 bits per heavy atom. The SMILES string of the molecule is CC[C@@H]1c2ccsc2CC[NH+]1CN1C(=O)NC2(CCCCC2)C1=O. The number of carbonyl (C=O) groups excluding carboxylic acids is 2. The van der Waals surface area contributed by atoms with Crippen molar-refractivity contribution < 1.29 is 14.5 Å². The van der Waals surface area contributed by atoms with Crippen molar-refractivity contribution in [3.63, 3.8) is 0 Å². The number of thiophene rings is 1. The van der Waals surface area contributed by atoms with Gasteiger partial charge >= 0.3 is 6.03 Å². The van der Waals surface area contributed by atoms with E-state index in [4.69, 9.17) is 0 Å². The van der Waals surface area contributed by atoms with Crippen molar-refractivity contribution in [3.8, 4) is 0 Å². The van der Waals surface area contributed by atoms with Crippen LogP contribution in [0.2, 0.25) is 0 Å². The Kier molecular flexibility index (Phi) is 4.12. The molecule has 2 N–H and O–H groups in total. The molecule has 3 heterocycles. The van der Waals surface area contributed by atoms with Gasteiger partial charge in [-0.25, -0.2) is 9.69 Å². The van der Waals surface area contributed by atoms with Gasteiger partial charge < -0.3 is 10.2 Å². The molecule has 3 aliphatic rings. The maximum Gasteiger partial charge on any atom is 0.329 e. The molecule has 130 valence electrons. The average molecular weight is 348 g/mol. The van der Waals surface area contributed by atoms with Crippen LogP contribution in [0.1, 0.15) is 61.9 Å². The molecular formula is C18H26N3O2S+. The van der Waals surface area contributed by atoms with Crippen molar-refractivity contribution in [2.75, 3.05) is 13.2 Å². The van der Waals surface area contributed by atoms with E-state index < -0.39 is 5.54 Å². The Morgan fingerprint density at radius 3 is 2.88 bits per heavy atom. The van der Waals surface area contributed by atoms with Gasteiger partial charge in [0.2, 0.25) is 0 Å². The number of quaternary nitrogens is 1. The molecule has 0 bridgehead atoms. The van der Waals surface area contributed by atoms with Gasteiger partial charge in [0.15, 0.2) is 6.67 Å². The third-order valence-electron chi connectivity index (χ3n) is 6.04. The number of fused-ring (bicyclic) bond motifs is 1. The molecule has 1 aromatic rings. The second kappa shape index (κ2) is 6.15. The number of rotatable bonds is 3. The summed E-state index contributed by atoms with van der Waals surface area (Å²) >= 11 is 1.83. The fraction of sp³-hybridized carbons (Fsp3) is 0.667. The Morgan fingerprint density at radius 1 is 1.33 bits per heavy atom. The van der Waals surface area contributed by atoms with Crippen molar-refractivity contribution in [1.29, 1.82) is 0 Å². The van der Waals surface area contributed by atoms with Crippen LogP contribution in [-0.4, -0.2) is 35.6 Å². The topological polar surface area (TPSA) is 53.9 Å². The number of nitrogens with one attached hydrogen (secondary N) is 2. The molecule has 2 fully saturated rings. The number of nitrogens with zero attached hydrogens (tertiary/aromatic N) is 1. The number of amides is 3. The lowest BCUT2D eigenvalue weighted by Gasteiger charge is -2.34. The summed E-state index contributed by atoms with van der Waals surface area (Å²) in [5.41, 5.74) is 0.822. The molecule has 4 rings (SSSR count). The fourth-order valence-corrected chi connectivity index (χ4v) is 5.69. The quantitative estimate of drug-likeness (QED) is 0.819. The number of urea groups is 1.